The van der Waals surface area contributed by atoms with Crippen LogP contribution in [0.2, 0.25) is 0 Å². The Kier molecular flexibility index (Phi) is 10.7. The van der Waals surface area contributed by atoms with Crippen molar-refractivity contribution < 1.29 is 0 Å². The van der Waals surface area contributed by atoms with Gasteiger partial charge in [-0.15, -0.1) is 6.58 Å². The molecule has 1 aliphatic rings. The Balaban J connectivity index is 0.00000118. The Morgan fingerprint density at radius 1 is 1.03 bits per heavy atom. The summed E-state index contributed by atoms with van der Waals surface area (Å²) in [6, 6.07) is 6.90. The van der Waals surface area contributed by atoms with Crippen LogP contribution in [0, 0.1) is 5.92 Å². The van der Waals surface area contributed by atoms with Crippen molar-refractivity contribution in [2.75, 3.05) is 0 Å². The van der Waals surface area contributed by atoms with E-state index in [4.69, 9.17) is 0 Å². The molecule has 0 fully saturated rings. The third-order valence-electron chi connectivity index (χ3n) is 6.14. The molecule has 0 saturated heterocycles. The standard InChI is InChI=1S/C27H37N.C4H8/c1-10-17(4)24-13-14-26(23(11-2)16-24)22(9)28-21(8)19(6)27-15-18(5)25(12-3)20(27)7;1-4(2)3/h13-16,18,22,28H,4,6,8,10-12H2,1-3,5,7,9H3;1H2,2-3H3. The van der Waals surface area contributed by atoms with Gasteiger partial charge in [-0.3, -0.25) is 0 Å². The molecular weight excluding hydrogens is 386 g/mol. The molecule has 0 aliphatic heterocycles. The molecule has 2 rings (SSSR count). The van der Waals surface area contributed by atoms with Crippen molar-refractivity contribution in [2.24, 2.45) is 5.92 Å². The largest absolute Gasteiger partial charge is 0.379 e. The molecule has 0 heterocycles. The second-order valence-electron chi connectivity index (χ2n) is 9.13. The van der Waals surface area contributed by atoms with E-state index in [0.717, 1.165) is 30.5 Å². The van der Waals surface area contributed by atoms with Crippen LogP contribution < -0.4 is 5.32 Å². The number of hydrogen-bond donors (Lipinski definition) is 1. The molecule has 32 heavy (non-hydrogen) atoms. The summed E-state index contributed by atoms with van der Waals surface area (Å²) in [4.78, 5) is 0. The van der Waals surface area contributed by atoms with E-state index in [0.29, 0.717) is 5.92 Å². The first-order valence-electron chi connectivity index (χ1n) is 12.0. The van der Waals surface area contributed by atoms with Crippen LogP contribution in [0.3, 0.4) is 0 Å². The molecule has 0 bridgehead atoms. The highest BCUT2D eigenvalue weighted by atomic mass is 14.9. The lowest BCUT2D eigenvalue weighted by molar-refractivity contribution is 0.655. The zero-order valence-electron chi connectivity index (χ0n) is 21.9. The number of aryl methyl sites for hydroxylation is 1. The van der Waals surface area contributed by atoms with Crippen LogP contribution in [0.4, 0.5) is 0 Å². The number of nitrogens with one attached hydrogen (secondary N) is 1. The van der Waals surface area contributed by atoms with Crippen LogP contribution in [0.5, 0.6) is 0 Å². The van der Waals surface area contributed by atoms with E-state index in [-0.39, 0.29) is 6.04 Å². The molecule has 1 N–H and O–H groups in total. The van der Waals surface area contributed by atoms with E-state index in [1.807, 2.05) is 13.8 Å². The molecule has 1 heteroatoms. The summed E-state index contributed by atoms with van der Waals surface area (Å²) in [5.74, 6) is 0.493. The van der Waals surface area contributed by atoms with Gasteiger partial charge in [-0.2, -0.15) is 0 Å². The Labute approximate surface area is 198 Å². The molecule has 0 spiro atoms. The van der Waals surface area contributed by atoms with Gasteiger partial charge in [0.2, 0.25) is 0 Å². The Morgan fingerprint density at radius 2 is 1.62 bits per heavy atom. The molecule has 1 aromatic rings. The van der Waals surface area contributed by atoms with Gasteiger partial charge in [0, 0.05) is 11.7 Å². The van der Waals surface area contributed by atoms with Crippen molar-refractivity contribution in [3.63, 3.8) is 0 Å². The maximum Gasteiger partial charge on any atom is 0.0488 e. The first-order valence-corrected chi connectivity index (χ1v) is 12.0. The average Bonchev–Trinajstić information content (AvgIpc) is 3.04. The lowest BCUT2D eigenvalue weighted by atomic mass is 9.93. The predicted molar refractivity (Wildman–Crippen MR) is 146 cm³/mol. The normalized spacial score (nSPS) is 16.0. The first kappa shape index (κ1) is 27.5. The van der Waals surface area contributed by atoms with Crippen LogP contribution in [-0.4, -0.2) is 0 Å². The third kappa shape index (κ3) is 6.99. The van der Waals surface area contributed by atoms with E-state index in [1.165, 1.54) is 44.6 Å². The summed E-state index contributed by atoms with van der Waals surface area (Å²) < 4.78 is 0. The molecule has 1 aliphatic carbocycles. The number of rotatable bonds is 9. The van der Waals surface area contributed by atoms with Crippen molar-refractivity contribution in [3.8, 4) is 0 Å². The number of allylic oxidation sites excluding steroid dienone is 6. The van der Waals surface area contributed by atoms with Crippen LogP contribution >= 0.6 is 0 Å². The molecule has 0 radical (unpaired) electrons. The molecule has 2 unspecified atom stereocenters. The lowest BCUT2D eigenvalue weighted by Crippen LogP contribution is -2.20. The average molecular weight is 432 g/mol. The van der Waals surface area contributed by atoms with Gasteiger partial charge in [-0.05, 0) is 91.9 Å². The fraction of sp³-hybridized carbons (Fsp3) is 0.419. The highest BCUT2D eigenvalue weighted by molar-refractivity contribution is 5.64. The van der Waals surface area contributed by atoms with Crippen LogP contribution in [0.25, 0.3) is 5.57 Å². The SMILES string of the molecule is C=C(C)C.C=C(NC(C)c1ccc(C(=C)CC)cc1CC)C(=C)C1=CC(C)C(CC)=C1C. The Morgan fingerprint density at radius 3 is 2.09 bits per heavy atom. The van der Waals surface area contributed by atoms with Gasteiger partial charge in [0.05, 0.1) is 0 Å². The van der Waals surface area contributed by atoms with E-state index in [9.17, 15) is 0 Å². The molecule has 0 aromatic heterocycles. The fourth-order valence-electron chi connectivity index (χ4n) is 4.25. The molecule has 1 nitrogen and oxygen atoms in total. The summed E-state index contributed by atoms with van der Waals surface area (Å²) in [5.41, 5.74) is 12.3. The fourth-order valence-corrected chi connectivity index (χ4v) is 4.25. The molecule has 174 valence electrons. The van der Waals surface area contributed by atoms with E-state index < -0.39 is 0 Å². The second kappa shape index (κ2) is 12.5. The minimum atomic E-state index is 0.178. The number of hydrogen-bond acceptors (Lipinski definition) is 1. The minimum Gasteiger partial charge on any atom is -0.379 e. The van der Waals surface area contributed by atoms with Gasteiger partial charge in [0.15, 0.2) is 0 Å². The number of benzene rings is 1. The summed E-state index contributed by atoms with van der Waals surface area (Å²) >= 11 is 0. The van der Waals surface area contributed by atoms with Crippen molar-refractivity contribution in [2.45, 2.75) is 80.7 Å². The van der Waals surface area contributed by atoms with Crippen molar-refractivity contribution in [1.29, 1.82) is 0 Å². The van der Waals surface area contributed by atoms with Gasteiger partial charge in [-0.1, -0.05) is 82.9 Å². The maximum atomic E-state index is 4.35. The van der Waals surface area contributed by atoms with Crippen molar-refractivity contribution >= 4 is 5.57 Å². The summed E-state index contributed by atoms with van der Waals surface area (Å²) in [6.45, 7) is 33.6. The molecule has 2 atom stereocenters. The molecule has 0 amide bonds. The highest BCUT2D eigenvalue weighted by Gasteiger charge is 2.22. The first-order chi connectivity index (χ1) is 15.0. The van der Waals surface area contributed by atoms with Crippen LogP contribution in [-0.2, 0) is 6.42 Å². The van der Waals surface area contributed by atoms with Crippen molar-refractivity contribution in [1.82, 2.24) is 5.32 Å². The topological polar surface area (TPSA) is 12.0 Å². The third-order valence-corrected chi connectivity index (χ3v) is 6.14. The predicted octanol–water partition coefficient (Wildman–Crippen LogP) is 9.28. The van der Waals surface area contributed by atoms with Gasteiger partial charge in [-0.25, -0.2) is 0 Å². The van der Waals surface area contributed by atoms with E-state index in [2.05, 4.69) is 97.5 Å². The van der Waals surface area contributed by atoms with Gasteiger partial charge >= 0.3 is 0 Å². The summed E-state index contributed by atoms with van der Waals surface area (Å²) in [5, 5.41) is 3.60. The Bertz CT molecular complexity index is 931. The molecular formula is C31H45N. The second-order valence-corrected chi connectivity index (χ2v) is 9.13. The quantitative estimate of drug-likeness (QED) is 0.303. The molecule has 0 saturated carbocycles. The lowest BCUT2D eigenvalue weighted by Gasteiger charge is -2.23. The van der Waals surface area contributed by atoms with Gasteiger partial charge < -0.3 is 5.32 Å². The zero-order chi connectivity index (χ0) is 24.6. The van der Waals surface area contributed by atoms with Crippen molar-refractivity contribution in [3.05, 3.63) is 101 Å². The van der Waals surface area contributed by atoms with E-state index in [1.54, 1.807) is 0 Å². The van der Waals surface area contributed by atoms with Crippen LogP contribution in [0.15, 0.2) is 84.2 Å². The monoisotopic (exact) mass is 431 g/mol. The zero-order valence-corrected chi connectivity index (χ0v) is 21.9. The smallest absolute Gasteiger partial charge is 0.0488 e. The van der Waals surface area contributed by atoms with Gasteiger partial charge in [0.1, 0.15) is 0 Å². The summed E-state index contributed by atoms with van der Waals surface area (Å²) in [7, 11) is 0. The minimum absolute atomic E-state index is 0.178. The van der Waals surface area contributed by atoms with Gasteiger partial charge in [0.25, 0.3) is 0 Å². The molecule has 1 aromatic carbocycles. The van der Waals surface area contributed by atoms with E-state index >= 15 is 0 Å². The summed E-state index contributed by atoms with van der Waals surface area (Å²) in [6.07, 6.45) is 5.40. The maximum absolute atomic E-state index is 4.35. The van der Waals surface area contributed by atoms with Crippen LogP contribution in [0.1, 0.15) is 91.0 Å². The Hall–Kier alpha value is -2.54. The highest BCUT2D eigenvalue weighted by Crippen LogP contribution is 2.37.